The lowest BCUT2D eigenvalue weighted by Crippen LogP contribution is -2.00. The lowest BCUT2D eigenvalue weighted by molar-refractivity contribution is 1.53. The van der Waals surface area contributed by atoms with E-state index in [9.17, 15) is 0 Å². The molecular weight excluding hydrogens is 516 g/mol. The fourth-order valence-corrected chi connectivity index (χ4v) is 5.51. The van der Waals surface area contributed by atoms with Crippen LogP contribution >= 0.6 is 0 Å². The summed E-state index contributed by atoms with van der Waals surface area (Å²) in [5, 5.41) is 0. The zero-order chi connectivity index (χ0) is 29.4. The van der Waals surface area contributed by atoms with Gasteiger partial charge in [0.05, 0.1) is 0 Å². The Labute approximate surface area is 245 Å². The number of hydrogen-bond donors (Lipinski definition) is 6. The predicted octanol–water partition coefficient (Wildman–Crippen LogP) is 7.51. The molecule has 0 amide bonds. The van der Waals surface area contributed by atoms with Crippen molar-refractivity contribution >= 4 is 34.1 Å². The summed E-state index contributed by atoms with van der Waals surface area (Å²) in [6.07, 6.45) is 0. The topological polar surface area (TPSA) is 156 Å². The van der Waals surface area contributed by atoms with Crippen molar-refractivity contribution in [2.24, 2.45) is 0 Å². The molecule has 206 valence electrons. The van der Waals surface area contributed by atoms with E-state index >= 15 is 0 Å². The van der Waals surface area contributed by atoms with Crippen molar-refractivity contribution < 1.29 is 0 Å². The summed E-state index contributed by atoms with van der Waals surface area (Å²) in [6.45, 7) is 0. The summed E-state index contributed by atoms with van der Waals surface area (Å²) < 4.78 is 0. The molecule has 0 aromatic heterocycles. The van der Waals surface area contributed by atoms with E-state index in [4.69, 9.17) is 34.4 Å². The van der Waals surface area contributed by atoms with E-state index in [-0.39, 0.29) is 0 Å². The molecule has 0 aliphatic rings. The van der Waals surface area contributed by atoms with E-state index in [1.54, 1.807) is 0 Å². The molecule has 0 aliphatic carbocycles. The first-order valence-electron chi connectivity index (χ1n) is 13.6. The van der Waals surface area contributed by atoms with Gasteiger partial charge in [0.25, 0.3) is 0 Å². The number of anilines is 6. The highest BCUT2D eigenvalue weighted by Gasteiger charge is 2.22. The van der Waals surface area contributed by atoms with Gasteiger partial charge < -0.3 is 34.4 Å². The fourth-order valence-electron chi connectivity index (χ4n) is 5.51. The van der Waals surface area contributed by atoms with E-state index < -0.39 is 0 Å². The molecule has 6 aromatic carbocycles. The second kappa shape index (κ2) is 10.6. The third kappa shape index (κ3) is 4.82. The van der Waals surface area contributed by atoms with Crippen LogP contribution in [0.15, 0.2) is 121 Å². The molecule has 0 saturated carbocycles. The monoisotopic (exact) mass is 548 g/mol. The molecule has 6 rings (SSSR count). The van der Waals surface area contributed by atoms with Crippen LogP contribution in [-0.2, 0) is 0 Å². The molecule has 0 heterocycles. The molecule has 6 aromatic rings. The minimum Gasteiger partial charge on any atom is -0.399 e. The van der Waals surface area contributed by atoms with Gasteiger partial charge in [0.1, 0.15) is 0 Å². The second-order valence-electron chi connectivity index (χ2n) is 10.4. The van der Waals surface area contributed by atoms with E-state index in [0.717, 1.165) is 55.6 Å². The van der Waals surface area contributed by atoms with E-state index in [2.05, 4.69) is 12.1 Å². The van der Waals surface area contributed by atoms with Crippen LogP contribution in [0, 0.1) is 0 Å². The Kier molecular flexibility index (Phi) is 6.65. The zero-order valence-corrected chi connectivity index (χ0v) is 23.0. The van der Waals surface area contributed by atoms with E-state index in [1.165, 1.54) is 0 Å². The highest BCUT2D eigenvalue weighted by atomic mass is 14.6. The first-order valence-corrected chi connectivity index (χ1v) is 13.6. The van der Waals surface area contributed by atoms with Crippen LogP contribution in [0.3, 0.4) is 0 Å². The van der Waals surface area contributed by atoms with Crippen molar-refractivity contribution in [3.8, 4) is 55.6 Å². The van der Waals surface area contributed by atoms with Gasteiger partial charge in [-0.3, -0.25) is 0 Å². The Morgan fingerprint density at radius 2 is 0.476 bits per heavy atom. The Morgan fingerprint density at radius 1 is 0.238 bits per heavy atom. The molecule has 0 spiro atoms. The zero-order valence-electron chi connectivity index (χ0n) is 23.0. The Morgan fingerprint density at radius 3 is 0.738 bits per heavy atom. The molecular formula is C36H32N6. The molecule has 0 bridgehead atoms. The van der Waals surface area contributed by atoms with Crippen LogP contribution in [0.4, 0.5) is 34.1 Å². The SMILES string of the molecule is Nc1ccc(-c2c(N)ccc(-c3ccc(N)c(-c4ccc(N)cc4)c3-c3ccc(N)cc3)c2-c2ccc(N)cc2)cc1. The van der Waals surface area contributed by atoms with Gasteiger partial charge in [-0.05, 0) is 105 Å². The van der Waals surface area contributed by atoms with Crippen molar-refractivity contribution in [3.63, 3.8) is 0 Å². The van der Waals surface area contributed by atoms with Gasteiger partial charge in [0, 0.05) is 45.3 Å². The first-order chi connectivity index (χ1) is 20.3. The van der Waals surface area contributed by atoms with Crippen molar-refractivity contribution in [2.45, 2.75) is 0 Å². The predicted molar refractivity (Wildman–Crippen MR) is 180 cm³/mol. The lowest BCUT2D eigenvalue weighted by atomic mass is 9.81. The maximum atomic E-state index is 6.73. The summed E-state index contributed by atoms with van der Waals surface area (Å²) in [6, 6.07) is 39.3. The van der Waals surface area contributed by atoms with Crippen LogP contribution in [0.25, 0.3) is 55.6 Å². The van der Waals surface area contributed by atoms with Crippen molar-refractivity contribution in [2.75, 3.05) is 34.4 Å². The maximum Gasteiger partial charge on any atom is 0.0400 e. The van der Waals surface area contributed by atoms with Crippen LogP contribution in [-0.4, -0.2) is 0 Å². The summed E-state index contributed by atoms with van der Waals surface area (Å²) in [5.74, 6) is 0. The quantitative estimate of drug-likeness (QED) is 0.122. The molecule has 0 saturated heterocycles. The number of hydrogen-bond acceptors (Lipinski definition) is 6. The molecule has 0 aliphatic heterocycles. The number of nitrogens with two attached hydrogens (primary N) is 6. The molecule has 0 radical (unpaired) electrons. The molecule has 0 fully saturated rings. The summed E-state index contributed by atoms with van der Waals surface area (Å²) in [4.78, 5) is 0. The normalized spacial score (nSPS) is 11.0. The minimum absolute atomic E-state index is 0.651. The Balaban J connectivity index is 1.74. The van der Waals surface area contributed by atoms with E-state index in [0.29, 0.717) is 34.1 Å². The number of rotatable bonds is 5. The summed E-state index contributed by atoms with van der Waals surface area (Å²) in [7, 11) is 0. The maximum absolute atomic E-state index is 6.73. The van der Waals surface area contributed by atoms with Crippen LogP contribution < -0.4 is 34.4 Å². The minimum atomic E-state index is 0.651. The van der Waals surface area contributed by atoms with Gasteiger partial charge in [-0.2, -0.15) is 0 Å². The summed E-state index contributed by atoms with van der Waals surface area (Å²) >= 11 is 0. The third-order valence-corrected chi connectivity index (χ3v) is 7.56. The van der Waals surface area contributed by atoms with Gasteiger partial charge in [-0.1, -0.05) is 60.7 Å². The molecule has 6 heteroatoms. The second-order valence-corrected chi connectivity index (χ2v) is 10.4. The number of benzene rings is 6. The average molecular weight is 549 g/mol. The van der Waals surface area contributed by atoms with Crippen molar-refractivity contribution in [1.29, 1.82) is 0 Å². The van der Waals surface area contributed by atoms with Gasteiger partial charge in [0.2, 0.25) is 0 Å². The van der Waals surface area contributed by atoms with Gasteiger partial charge in [-0.25, -0.2) is 0 Å². The van der Waals surface area contributed by atoms with Crippen molar-refractivity contribution in [3.05, 3.63) is 121 Å². The lowest BCUT2D eigenvalue weighted by Gasteiger charge is -2.23. The van der Waals surface area contributed by atoms with Gasteiger partial charge in [0.15, 0.2) is 0 Å². The molecule has 12 N–H and O–H groups in total. The molecule has 42 heavy (non-hydrogen) atoms. The molecule has 0 unspecified atom stereocenters. The highest BCUT2D eigenvalue weighted by molar-refractivity contribution is 6.06. The van der Waals surface area contributed by atoms with Crippen LogP contribution in [0.1, 0.15) is 0 Å². The molecule has 6 nitrogen and oxygen atoms in total. The van der Waals surface area contributed by atoms with Gasteiger partial charge >= 0.3 is 0 Å². The average Bonchev–Trinajstić information content (AvgIpc) is 2.99. The summed E-state index contributed by atoms with van der Waals surface area (Å²) in [5.41, 5.74) is 51.4. The van der Waals surface area contributed by atoms with Crippen LogP contribution in [0.2, 0.25) is 0 Å². The Hall–Kier alpha value is -5.88. The Bertz CT molecular complexity index is 1750. The van der Waals surface area contributed by atoms with Crippen LogP contribution in [0.5, 0.6) is 0 Å². The van der Waals surface area contributed by atoms with Crippen molar-refractivity contribution in [1.82, 2.24) is 0 Å². The third-order valence-electron chi connectivity index (χ3n) is 7.56. The number of nitrogen functional groups attached to an aromatic ring is 6. The smallest absolute Gasteiger partial charge is 0.0400 e. The largest absolute Gasteiger partial charge is 0.399 e. The van der Waals surface area contributed by atoms with E-state index in [1.807, 2.05) is 109 Å². The fraction of sp³-hybridized carbons (Fsp3) is 0. The standard InChI is InChI=1S/C36H32N6/c37-25-9-1-21(2-10-25)33-29(17-19-31(41)35(33)23-5-13-27(39)14-6-23)30-18-20-32(42)36(24-7-15-28(40)16-8-24)34(30)22-3-11-26(38)12-4-22/h1-20H,37-42H2. The van der Waals surface area contributed by atoms with Gasteiger partial charge in [-0.15, -0.1) is 0 Å². The molecule has 0 atom stereocenters. The first kappa shape index (κ1) is 26.3. The highest BCUT2D eigenvalue weighted by Crippen LogP contribution is 2.49.